The minimum Gasteiger partial charge on any atom is -0.464 e. The molecule has 6 nitrogen and oxygen atoms in total. The quantitative estimate of drug-likeness (QED) is 0.564. The smallest absolute Gasteiger partial charge is 0.340 e. The summed E-state index contributed by atoms with van der Waals surface area (Å²) in [5.74, 6) is -1.98. The third-order valence-electron chi connectivity index (χ3n) is 2.93. The van der Waals surface area contributed by atoms with Crippen molar-refractivity contribution in [3.05, 3.63) is 35.9 Å². The molecule has 0 aliphatic rings. The summed E-state index contributed by atoms with van der Waals surface area (Å²) in [6.07, 6.45) is 0. The van der Waals surface area contributed by atoms with Gasteiger partial charge in [-0.15, -0.1) is 0 Å². The highest BCUT2D eigenvalue weighted by molar-refractivity contribution is 6.02. The van der Waals surface area contributed by atoms with E-state index in [-0.39, 0.29) is 19.8 Å². The van der Waals surface area contributed by atoms with Crippen LogP contribution in [0.5, 0.6) is 0 Å². The van der Waals surface area contributed by atoms with Gasteiger partial charge in [0.05, 0.1) is 13.2 Å². The lowest BCUT2D eigenvalue weighted by atomic mass is 10.1. The number of ether oxygens (including phenoxy) is 2. The molecule has 22 heavy (non-hydrogen) atoms. The van der Waals surface area contributed by atoms with E-state index in [1.165, 1.54) is 6.92 Å². The Hall–Kier alpha value is -2.37. The second-order valence-electron chi connectivity index (χ2n) is 4.54. The molecule has 1 aromatic carbocycles. The van der Waals surface area contributed by atoms with Crippen LogP contribution in [0, 0.1) is 0 Å². The third kappa shape index (κ3) is 4.87. The van der Waals surface area contributed by atoms with Crippen molar-refractivity contribution >= 4 is 17.8 Å². The predicted molar refractivity (Wildman–Crippen MR) is 79.7 cm³/mol. The van der Waals surface area contributed by atoms with E-state index in [0.717, 1.165) is 10.5 Å². The topological polar surface area (TPSA) is 72.9 Å². The van der Waals surface area contributed by atoms with Gasteiger partial charge in [-0.05, 0) is 19.4 Å². The SMILES string of the molecule is CCOC(=O)C(C(=O)OCC)N(Cc1ccccc1)C(C)=O. The average molecular weight is 307 g/mol. The Morgan fingerprint density at radius 1 is 1.00 bits per heavy atom. The van der Waals surface area contributed by atoms with Gasteiger partial charge in [0, 0.05) is 13.5 Å². The maximum atomic E-state index is 12.1. The number of rotatable bonds is 7. The molecule has 1 amide bonds. The zero-order valence-electron chi connectivity index (χ0n) is 13.1. The number of carbonyl (C=O) groups excluding carboxylic acids is 3. The van der Waals surface area contributed by atoms with Crippen molar-refractivity contribution in [3.8, 4) is 0 Å². The lowest BCUT2D eigenvalue weighted by Crippen LogP contribution is -2.50. The summed E-state index contributed by atoms with van der Waals surface area (Å²) >= 11 is 0. The van der Waals surface area contributed by atoms with Crippen LogP contribution in [0.2, 0.25) is 0 Å². The molecule has 0 saturated carbocycles. The molecule has 0 aliphatic heterocycles. The minimum atomic E-state index is -1.39. The van der Waals surface area contributed by atoms with E-state index in [9.17, 15) is 14.4 Å². The summed E-state index contributed by atoms with van der Waals surface area (Å²) in [5, 5.41) is 0. The number of hydrogen-bond acceptors (Lipinski definition) is 5. The number of esters is 2. The van der Waals surface area contributed by atoms with Gasteiger partial charge in [0.2, 0.25) is 11.9 Å². The fraction of sp³-hybridized carbons (Fsp3) is 0.438. The van der Waals surface area contributed by atoms with E-state index in [2.05, 4.69) is 0 Å². The van der Waals surface area contributed by atoms with Crippen molar-refractivity contribution < 1.29 is 23.9 Å². The van der Waals surface area contributed by atoms with E-state index in [4.69, 9.17) is 9.47 Å². The van der Waals surface area contributed by atoms with Crippen molar-refractivity contribution in [2.45, 2.75) is 33.4 Å². The Morgan fingerprint density at radius 2 is 1.50 bits per heavy atom. The lowest BCUT2D eigenvalue weighted by molar-refractivity contribution is -0.167. The monoisotopic (exact) mass is 307 g/mol. The summed E-state index contributed by atoms with van der Waals surface area (Å²) in [4.78, 5) is 37.2. The molecule has 1 aromatic rings. The molecule has 0 fully saturated rings. The molecular weight excluding hydrogens is 286 g/mol. The zero-order valence-corrected chi connectivity index (χ0v) is 13.1. The Labute approximate surface area is 130 Å². The lowest BCUT2D eigenvalue weighted by Gasteiger charge is -2.27. The molecule has 0 atom stereocenters. The number of amides is 1. The van der Waals surface area contributed by atoms with Gasteiger partial charge in [0.15, 0.2) is 0 Å². The van der Waals surface area contributed by atoms with Gasteiger partial charge in [-0.1, -0.05) is 30.3 Å². The molecule has 0 N–H and O–H groups in total. The van der Waals surface area contributed by atoms with E-state index in [1.807, 2.05) is 30.3 Å². The number of benzene rings is 1. The van der Waals surface area contributed by atoms with Gasteiger partial charge in [0.1, 0.15) is 0 Å². The standard InChI is InChI=1S/C16H21NO5/c1-4-21-15(19)14(16(20)22-5-2)17(12(3)18)11-13-9-7-6-8-10-13/h6-10,14H,4-5,11H2,1-3H3. The average Bonchev–Trinajstić information content (AvgIpc) is 2.48. The van der Waals surface area contributed by atoms with Crippen LogP contribution in [-0.2, 0) is 30.4 Å². The Bertz CT molecular complexity index is 497. The number of hydrogen-bond donors (Lipinski definition) is 0. The van der Waals surface area contributed by atoms with Gasteiger partial charge in [-0.3, -0.25) is 4.79 Å². The summed E-state index contributed by atoms with van der Waals surface area (Å²) < 4.78 is 9.81. The van der Waals surface area contributed by atoms with Gasteiger partial charge < -0.3 is 14.4 Å². The first kappa shape index (κ1) is 17.7. The van der Waals surface area contributed by atoms with Crippen molar-refractivity contribution in [2.75, 3.05) is 13.2 Å². The van der Waals surface area contributed by atoms with E-state index < -0.39 is 23.9 Å². The molecule has 6 heteroatoms. The van der Waals surface area contributed by atoms with Crippen LogP contribution >= 0.6 is 0 Å². The van der Waals surface area contributed by atoms with E-state index in [1.54, 1.807) is 13.8 Å². The second kappa shape index (κ2) is 8.81. The van der Waals surface area contributed by atoms with Gasteiger partial charge in [0.25, 0.3) is 0 Å². The molecule has 0 bridgehead atoms. The number of nitrogens with zero attached hydrogens (tertiary/aromatic N) is 1. The Kier molecular flexibility index (Phi) is 7.08. The molecule has 0 aliphatic carbocycles. The normalized spacial score (nSPS) is 10.2. The van der Waals surface area contributed by atoms with Crippen molar-refractivity contribution in [1.29, 1.82) is 0 Å². The molecule has 0 heterocycles. The largest absolute Gasteiger partial charge is 0.464 e. The highest BCUT2D eigenvalue weighted by atomic mass is 16.6. The highest BCUT2D eigenvalue weighted by Crippen LogP contribution is 2.12. The number of carbonyl (C=O) groups is 3. The fourth-order valence-corrected chi connectivity index (χ4v) is 1.96. The maximum Gasteiger partial charge on any atom is 0.340 e. The van der Waals surface area contributed by atoms with Crippen LogP contribution in [0.15, 0.2) is 30.3 Å². The molecule has 0 saturated heterocycles. The molecule has 0 unspecified atom stereocenters. The van der Waals surface area contributed by atoms with Gasteiger partial charge in [-0.25, -0.2) is 9.59 Å². The van der Waals surface area contributed by atoms with Crippen LogP contribution in [0.1, 0.15) is 26.3 Å². The molecule has 120 valence electrons. The first-order valence-electron chi connectivity index (χ1n) is 7.15. The molecular formula is C16H21NO5. The van der Waals surface area contributed by atoms with E-state index >= 15 is 0 Å². The first-order valence-corrected chi connectivity index (χ1v) is 7.15. The summed E-state index contributed by atoms with van der Waals surface area (Å²) in [5.41, 5.74) is 0.802. The van der Waals surface area contributed by atoms with Crippen LogP contribution in [0.4, 0.5) is 0 Å². The van der Waals surface area contributed by atoms with Gasteiger partial charge >= 0.3 is 11.9 Å². The highest BCUT2D eigenvalue weighted by Gasteiger charge is 2.37. The third-order valence-corrected chi connectivity index (χ3v) is 2.93. The summed E-state index contributed by atoms with van der Waals surface area (Å²) in [6.45, 7) is 4.93. The molecule has 1 rings (SSSR count). The summed E-state index contributed by atoms with van der Waals surface area (Å²) in [6, 6.07) is 7.70. The Morgan fingerprint density at radius 3 is 1.91 bits per heavy atom. The molecule has 0 aromatic heterocycles. The first-order chi connectivity index (χ1) is 10.5. The van der Waals surface area contributed by atoms with Crippen LogP contribution in [-0.4, -0.2) is 42.0 Å². The molecule has 0 spiro atoms. The van der Waals surface area contributed by atoms with Gasteiger partial charge in [-0.2, -0.15) is 0 Å². The van der Waals surface area contributed by atoms with Crippen LogP contribution in [0.3, 0.4) is 0 Å². The minimum absolute atomic E-state index is 0.117. The maximum absolute atomic E-state index is 12.1. The molecule has 0 radical (unpaired) electrons. The van der Waals surface area contributed by atoms with Crippen molar-refractivity contribution in [3.63, 3.8) is 0 Å². The second-order valence-corrected chi connectivity index (χ2v) is 4.54. The van der Waals surface area contributed by atoms with E-state index in [0.29, 0.717) is 0 Å². The van der Waals surface area contributed by atoms with Crippen molar-refractivity contribution in [1.82, 2.24) is 4.90 Å². The fourth-order valence-electron chi connectivity index (χ4n) is 1.96. The van der Waals surface area contributed by atoms with Crippen LogP contribution < -0.4 is 0 Å². The van der Waals surface area contributed by atoms with Crippen molar-refractivity contribution in [2.24, 2.45) is 0 Å². The zero-order chi connectivity index (χ0) is 16.5. The Balaban J connectivity index is 3.06. The summed E-state index contributed by atoms with van der Waals surface area (Å²) in [7, 11) is 0. The predicted octanol–water partition coefficient (Wildman–Crippen LogP) is 1.53. The van der Waals surface area contributed by atoms with Crippen LogP contribution in [0.25, 0.3) is 0 Å².